The van der Waals surface area contributed by atoms with Crippen molar-refractivity contribution >= 4 is 17.5 Å². The van der Waals surface area contributed by atoms with Gasteiger partial charge in [-0.05, 0) is 55.8 Å². The maximum atomic E-state index is 12.5. The van der Waals surface area contributed by atoms with Gasteiger partial charge in [-0.2, -0.15) is 4.98 Å². The molecule has 1 amide bonds. The molecule has 0 radical (unpaired) electrons. The summed E-state index contributed by atoms with van der Waals surface area (Å²) in [6.45, 7) is 3.88. The maximum Gasteiger partial charge on any atom is 0.263 e. The normalized spacial score (nSPS) is 11.9. The van der Waals surface area contributed by atoms with E-state index in [1.807, 2.05) is 43.3 Å². The maximum absolute atomic E-state index is 12.5. The van der Waals surface area contributed by atoms with Crippen molar-refractivity contribution in [3.8, 4) is 17.1 Å². The number of nitrogens with zero attached hydrogens (tertiary/aromatic N) is 3. The first kappa shape index (κ1) is 18.9. The van der Waals surface area contributed by atoms with E-state index in [4.69, 9.17) is 20.9 Å². The molecule has 0 unspecified atom stereocenters. The minimum Gasteiger partial charge on any atom is -0.481 e. The molecule has 3 aromatic rings. The van der Waals surface area contributed by atoms with Gasteiger partial charge in [-0.1, -0.05) is 28.9 Å². The van der Waals surface area contributed by atoms with Crippen molar-refractivity contribution in [1.29, 1.82) is 0 Å². The van der Waals surface area contributed by atoms with Crippen molar-refractivity contribution in [2.45, 2.75) is 26.5 Å². The Balaban J connectivity index is 1.61. The van der Waals surface area contributed by atoms with Crippen molar-refractivity contribution in [3.05, 3.63) is 65.0 Å². The third-order valence-corrected chi connectivity index (χ3v) is 4.22. The van der Waals surface area contributed by atoms with Crippen LogP contribution in [0.3, 0.4) is 0 Å². The number of benzene rings is 2. The van der Waals surface area contributed by atoms with Crippen molar-refractivity contribution in [1.82, 2.24) is 15.0 Å². The summed E-state index contributed by atoms with van der Waals surface area (Å²) in [5.41, 5.74) is 1.86. The molecule has 0 spiro atoms. The van der Waals surface area contributed by atoms with Gasteiger partial charge in [0.25, 0.3) is 5.91 Å². The molecule has 1 atom stereocenters. The predicted octanol–water partition coefficient (Wildman–Crippen LogP) is 4.12. The van der Waals surface area contributed by atoms with Gasteiger partial charge >= 0.3 is 0 Å². The monoisotopic (exact) mass is 385 g/mol. The van der Waals surface area contributed by atoms with Crippen molar-refractivity contribution in [3.63, 3.8) is 0 Å². The molecule has 1 aromatic heterocycles. The number of likely N-dealkylation sites (N-methyl/N-ethyl adjacent to an activating group) is 1. The van der Waals surface area contributed by atoms with Crippen LogP contribution >= 0.6 is 11.6 Å². The van der Waals surface area contributed by atoms with E-state index in [0.29, 0.717) is 22.5 Å². The van der Waals surface area contributed by atoms with Crippen LogP contribution in [0.15, 0.2) is 53.1 Å². The molecule has 0 aliphatic carbocycles. The van der Waals surface area contributed by atoms with Gasteiger partial charge < -0.3 is 14.2 Å². The number of rotatable bonds is 6. The van der Waals surface area contributed by atoms with Gasteiger partial charge in [0.2, 0.25) is 11.7 Å². The lowest BCUT2D eigenvalue weighted by Crippen LogP contribution is -2.37. The summed E-state index contributed by atoms with van der Waals surface area (Å²) in [5.74, 6) is 1.28. The molecular weight excluding hydrogens is 366 g/mol. The average molecular weight is 386 g/mol. The Morgan fingerprint density at radius 1 is 1.26 bits per heavy atom. The fourth-order valence-electron chi connectivity index (χ4n) is 2.57. The average Bonchev–Trinajstić information content (AvgIpc) is 3.10. The first-order valence-electron chi connectivity index (χ1n) is 8.49. The SMILES string of the molecule is Cc1cccc(O[C@H](C)C(=O)N(C)Cc2nc(-c3ccc(Cl)cc3)no2)c1. The van der Waals surface area contributed by atoms with E-state index >= 15 is 0 Å². The van der Waals surface area contributed by atoms with Crippen LogP contribution in [0.2, 0.25) is 5.02 Å². The summed E-state index contributed by atoms with van der Waals surface area (Å²) in [4.78, 5) is 18.4. The number of hydrogen-bond donors (Lipinski definition) is 0. The summed E-state index contributed by atoms with van der Waals surface area (Å²) in [6, 6.07) is 14.7. The number of halogens is 1. The van der Waals surface area contributed by atoms with Crippen molar-refractivity contribution in [2.24, 2.45) is 0 Å². The molecule has 3 rings (SSSR count). The molecule has 27 heavy (non-hydrogen) atoms. The standard InChI is InChI=1S/C20H20ClN3O3/c1-13-5-4-6-17(11-13)26-14(2)20(25)24(3)12-18-22-19(23-27-18)15-7-9-16(21)10-8-15/h4-11,14H,12H2,1-3H3/t14-/m1/s1. The van der Waals surface area contributed by atoms with Crippen LogP contribution in [0.4, 0.5) is 0 Å². The van der Waals surface area contributed by atoms with Crippen LogP contribution < -0.4 is 4.74 Å². The number of carbonyl (C=O) groups excluding carboxylic acids is 1. The van der Waals surface area contributed by atoms with Crippen LogP contribution in [-0.2, 0) is 11.3 Å². The summed E-state index contributed by atoms with van der Waals surface area (Å²) in [5, 5.41) is 4.59. The number of carbonyl (C=O) groups is 1. The van der Waals surface area contributed by atoms with Gasteiger partial charge in [0.1, 0.15) is 5.75 Å². The Morgan fingerprint density at radius 3 is 2.70 bits per heavy atom. The minimum atomic E-state index is -0.629. The summed E-state index contributed by atoms with van der Waals surface area (Å²) in [6.07, 6.45) is -0.629. The molecule has 0 aliphatic heterocycles. The number of amides is 1. The minimum absolute atomic E-state index is 0.178. The zero-order valence-corrected chi connectivity index (χ0v) is 16.1. The molecule has 0 saturated heterocycles. The Kier molecular flexibility index (Phi) is 5.76. The van der Waals surface area contributed by atoms with Gasteiger partial charge in [0.05, 0.1) is 6.54 Å². The fraction of sp³-hybridized carbons (Fsp3) is 0.250. The van der Waals surface area contributed by atoms with E-state index in [0.717, 1.165) is 11.1 Å². The molecule has 1 heterocycles. The third-order valence-electron chi connectivity index (χ3n) is 3.97. The van der Waals surface area contributed by atoms with Crippen molar-refractivity contribution < 1.29 is 14.1 Å². The first-order chi connectivity index (χ1) is 12.9. The highest BCUT2D eigenvalue weighted by Gasteiger charge is 2.21. The van der Waals surface area contributed by atoms with E-state index < -0.39 is 6.10 Å². The van der Waals surface area contributed by atoms with Crippen molar-refractivity contribution in [2.75, 3.05) is 7.05 Å². The third kappa shape index (κ3) is 4.86. The van der Waals surface area contributed by atoms with Gasteiger partial charge in [-0.15, -0.1) is 0 Å². The Labute approximate surface area is 162 Å². The Hall–Kier alpha value is -2.86. The molecular formula is C20H20ClN3O3. The highest BCUT2D eigenvalue weighted by molar-refractivity contribution is 6.30. The molecule has 0 bridgehead atoms. The second-order valence-corrected chi connectivity index (χ2v) is 6.73. The second kappa shape index (κ2) is 8.22. The number of hydrogen-bond acceptors (Lipinski definition) is 5. The number of aromatic nitrogens is 2. The van der Waals surface area contributed by atoms with E-state index in [-0.39, 0.29) is 12.5 Å². The molecule has 0 fully saturated rings. The molecule has 0 aliphatic rings. The Bertz CT molecular complexity index is 924. The van der Waals surface area contributed by atoms with Crippen LogP contribution in [0.25, 0.3) is 11.4 Å². The summed E-state index contributed by atoms with van der Waals surface area (Å²) in [7, 11) is 1.67. The lowest BCUT2D eigenvalue weighted by atomic mass is 10.2. The topological polar surface area (TPSA) is 68.5 Å². The van der Waals surface area contributed by atoms with Gasteiger partial charge in [-0.3, -0.25) is 4.79 Å². The van der Waals surface area contributed by atoms with Crippen LogP contribution in [-0.4, -0.2) is 34.1 Å². The fourth-order valence-corrected chi connectivity index (χ4v) is 2.70. The molecule has 0 N–H and O–H groups in total. The summed E-state index contributed by atoms with van der Waals surface area (Å²) < 4.78 is 11.0. The largest absolute Gasteiger partial charge is 0.481 e. The lowest BCUT2D eigenvalue weighted by molar-refractivity contribution is -0.137. The summed E-state index contributed by atoms with van der Waals surface area (Å²) >= 11 is 5.88. The highest BCUT2D eigenvalue weighted by Crippen LogP contribution is 2.19. The van der Waals surface area contributed by atoms with Crippen LogP contribution in [0, 0.1) is 6.92 Å². The second-order valence-electron chi connectivity index (χ2n) is 6.29. The number of ether oxygens (including phenoxy) is 1. The first-order valence-corrected chi connectivity index (χ1v) is 8.87. The molecule has 0 saturated carbocycles. The van der Waals surface area contributed by atoms with E-state index in [2.05, 4.69) is 10.1 Å². The molecule has 7 heteroatoms. The van der Waals surface area contributed by atoms with Crippen LogP contribution in [0.5, 0.6) is 5.75 Å². The highest BCUT2D eigenvalue weighted by atomic mass is 35.5. The van der Waals surface area contributed by atoms with Gasteiger partial charge in [0, 0.05) is 17.6 Å². The predicted molar refractivity (Wildman–Crippen MR) is 102 cm³/mol. The van der Waals surface area contributed by atoms with E-state index in [9.17, 15) is 4.79 Å². The number of aryl methyl sites for hydroxylation is 1. The quantitative estimate of drug-likeness (QED) is 0.638. The van der Waals surface area contributed by atoms with Gasteiger partial charge in [-0.25, -0.2) is 0 Å². The zero-order valence-electron chi connectivity index (χ0n) is 15.3. The van der Waals surface area contributed by atoms with E-state index in [1.165, 1.54) is 4.90 Å². The Morgan fingerprint density at radius 2 is 2.00 bits per heavy atom. The zero-order chi connectivity index (χ0) is 19.4. The molecule has 140 valence electrons. The van der Waals surface area contributed by atoms with Crippen LogP contribution in [0.1, 0.15) is 18.4 Å². The molecule has 2 aromatic carbocycles. The molecule has 6 nitrogen and oxygen atoms in total. The van der Waals surface area contributed by atoms with E-state index in [1.54, 1.807) is 26.1 Å². The smallest absolute Gasteiger partial charge is 0.263 e. The van der Waals surface area contributed by atoms with Gasteiger partial charge in [0.15, 0.2) is 6.10 Å². The lowest BCUT2D eigenvalue weighted by Gasteiger charge is -2.20.